The highest BCUT2D eigenvalue weighted by molar-refractivity contribution is 9.10. The number of halogens is 1. The Morgan fingerprint density at radius 2 is 2.35 bits per heavy atom. The summed E-state index contributed by atoms with van der Waals surface area (Å²) in [6.07, 6.45) is 3.42. The van der Waals surface area contributed by atoms with Crippen molar-refractivity contribution in [3.63, 3.8) is 0 Å². The molecule has 0 fully saturated rings. The predicted molar refractivity (Wildman–Crippen MR) is 66.3 cm³/mol. The van der Waals surface area contributed by atoms with Gasteiger partial charge in [-0.2, -0.15) is 5.10 Å². The Hall–Kier alpha value is -1.69. The molecule has 0 aliphatic rings. The second-order valence-corrected chi connectivity index (χ2v) is 4.34. The van der Waals surface area contributed by atoms with Gasteiger partial charge in [-0.05, 0) is 34.1 Å². The average molecular weight is 295 g/mol. The predicted octanol–water partition coefficient (Wildman–Crippen LogP) is 1.51. The summed E-state index contributed by atoms with van der Waals surface area (Å²) in [5, 5.41) is 6.97. The van der Waals surface area contributed by atoms with Crippen LogP contribution in [0.4, 0.5) is 0 Å². The maximum Gasteiger partial charge on any atom is 0.251 e. The van der Waals surface area contributed by atoms with E-state index in [1.165, 1.54) is 0 Å². The van der Waals surface area contributed by atoms with Crippen molar-refractivity contribution in [1.29, 1.82) is 0 Å². The van der Waals surface area contributed by atoms with Crippen LogP contribution < -0.4 is 5.32 Å². The topological polar surface area (TPSA) is 59.8 Å². The van der Waals surface area contributed by atoms with Crippen LogP contribution in [0.5, 0.6) is 0 Å². The number of carbonyl (C=O) groups excluding carboxylic acids is 1. The number of carbonyl (C=O) groups is 1. The van der Waals surface area contributed by atoms with Gasteiger partial charge >= 0.3 is 0 Å². The summed E-state index contributed by atoms with van der Waals surface area (Å²) in [6.45, 7) is 0.416. The fourth-order valence-corrected chi connectivity index (χ4v) is 1.74. The largest absolute Gasteiger partial charge is 0.346 e. The van der Waals surface area contributed by atoms with E-state index in [1.807, 2.05) is 19.3 Å². The second kappa shape index (κ2) is 5.09. The second-order valence-electron chi connectivity index (χ2n) is 3.53. The molecule has 2 rings (SSSR count). The average Bonchev–Trinajstić information content (AvgIpc) is 2.72. The molecule has 0 saturated heterocycles. The number of hydrogen-bond acceptors (Lipinski definition) is 3. The summed E-state index contributed by atoms with van der Waals surface area (Å²) in [7, 11) is 1.84. The number of aromatic nitrogens is 3. The quantitative estimate of drug-likeness (QED) is 0.873. The first-order valence-electron chi connectivity index (χ1n) is 5.03. The molecule has 0 saturated carbocycles. The molecule has 0 aliphatic heterocycles. The Labute approximate surface area is 107 Å². The van der Waals surface area contributed by atoms with E-state index in [2.05, 4.69) is 31.3 Å². The molecule has 2 heterocycles. The lowest BCUT2D eigenvalue weighted by Gasteiger charge is -2.03. The zero-order valence-electron chi connectivity index (χ0n) is 9.22. The van der Waals surface area contributed by atoms with Crippen LogP contribution in [0.15, 0.2) is 35.2 Å². The van der Waals surface area contributed by atoms with Crippen LogP contribution in [0.25, 0.3) is 0 Å². The van der Waals surface area contributed by atoms with Crippen molar-refractivity contribution >= 4 is 21.8 Å². The summed E-state index contributed by atoms with van der Waals surface area (Å²) < 4.78 is 2.34. The van der Waals surface area contributed by atoms with Crippen LogP contribution in [-0.2, 0) is 13.6 Å². The first-order chi connectivity index (χ1) is 8.15. The lowest BCUT2D eigenvalue weighted by molar-refractivity contribution is 0.0950. The first-order valence-corrected chi connectivity index (χ1v) is 5.83. The fraction of sp³-hybridized carbons (Fsp3) is 0.182. The molecule has 0 bridgehead atoms. The first kappa shape index (κ1) is 11.8. The SMILES string of the molecule is Cn1ccc(CNC(=O)c2ccnc(Br)c2)n1. The van der Waals surface area contributed by atoms with Crippen molar-refractivity contribution in [3.05, 3.63) is 46.5 Å². The van der Waals surface area contributed by atoms with Crippen molar-refractivity contribution in [1.82, 2.24) is 20.1 Å². The summed E-state index contributed by atoms with van der Waals surface area (Å²) in [4.78, 5) is 15.7. The van der Waals surface area contributed by atoms with E-state index in [-0.39, 0.29) is 5.91 Å². The lowest BCUT2D eigenvalue weighted by Crippen LogP contribution is -2.23. The molecule has 17 heavy (non-hydrogen) atoms. The van der Waals surface area contributed by atoms with E-state index < -0.39 is 0 Å². The molecule has 6 heteroatoms. The van der Waals surface area contributed by atoms with Gasteiger partial charge in [0.05, 0.1) is 12.2 Å². The van der Waals surface area contributed by atoms with Crippen molar-refractivity contribution in [3.8, 4) is 0 Å². The Morgan fingerprint density at radius 1 is 1.53 bits per heavy atom. The molecular weight excluding hydrogens is 284 g/mol. The minimum atomic E-state index is -0.140. The molecule has 0 radical (unpaired) electrons. The molecule has 0 aliphatic carbocycles. The van der Waals surface area contributed by atoms with Crippen LogP contribution in [-0.4, -0.2) is 20.7 Å². The third kappa shape index (κ3) is 3.13. The van der Waals surface area contributed by atoms with Gasteiger partial charge in [0.25, 0.3) is 5.91 Å². The summed E-state index contributed by atoms with van der Waals surface area (Å²) in [6, 6.07) is 5.20. The molecule has 2 aromatic heterocycles. The Bertz CT molecular complexity index is 538. The molecule has 5 nitrogen and oxygen atoms in total. The third-order valence-corrected chi connectivity index (χ3v) is 2.62. The molecule has 2 aromatic rings. The Balaban J connectivity index is 1.98. The van der Waals surface area contributed by atoms with Crippen molar-refractivity contribution in [2.75, 3.05) is 0 Å². The number of pyridine rings is 1. The normalized spacial score (nSPS) is 10.2. The highest BCUT2D eigenvalue weighted by Crippen LogP contribution is 2.08. The number of nitrogens with one attached hydrogen (secondary N) is 1. The number of aryl methyl sites for hydroxylation is 1. The highest BCUT2D eigenvalue weighted by atomic mass is 79.9. The van der Waals surface area contributed by atoms with Gasteiger partial charge in [-0.25, -0.2) is 4.98 Å². The van der Waals surface area contributed by atoms with E-state index in [9.17, 15) is 4.79 Å². The zero-order chi connectivity index (χ0) is 12.3. The van der Waals surface area contributed by atoms with E-state index in [4.69, 9.17) is 0 Å². The molecule has 0 unspecified atom stereocenters. The van der Waals surface area contributed by atoms with Gasteiger partial charge in [0.2, 0.25) is 0 Å². The summed E-state index contributed by atoms with van der Waals surface area (Å²) >= 11 is 3.22. The van der Waals surface area contributed by atoms with Crippen LogP contribution >= 0.6 is 15.9 Å². The van der Waals surface area contributed by atoms with E-state index >= 15 is 0 Å². The van der Waals surface area contributed by atoms with Crippen molar-refractivity contribution in [2.45, 2.75) is 6.54 Å². The summed E-state index contributed by atoms with van der Waals surface area (Å²) in [5.41, 5.74) is 1.40. The van der Waals surface area contributed by atoms with Gasteiger partial charge in [-0.1, -0.05) is 0 Å². The van der Waals surface area contributed by atoms with Crippen LogP contribution in [0.1, 0.15) is 16.1 Å². The number of nitrogens with zero attached hydrogens (tertiary/aromatic N) is 3. The molecular formula is C11H11BrN4O. The van der Waals surface area contributed by atoms with Gasteiger partial charge in [0.1, 0.15) is 4.60 Å². The monoisotopic (exact) mass is 294 g/mol. The highest BCUT2D eigenvalue weighted by Gasteiger charge is 2.06. The van der Waals surface area contributed by atoms with Crippen LogP contribution in [0, 0.1) is 0 Å². The van der Waals surface area contributed by atoms with E-state index in [1.54, 1.807) is 23.0 Å². The molecule has 1 N–H and O–H groups in total. The fourth-order valence-electron chi connectivity index (χ4n) is 1.37. The molecule has 88 valence electrons. The van der Waals surface area contributed by atoms with Crippen molar-refractivity contribution in [2.24, 2.45) is 7.05 Å². The van der Waals surface area contributed by atoms with Crippen LogP contribution in [0.2, 0.25) is 0 Å². The zero-order valence-corrected chi connectivity index (χ0v) is 10.8. The van der Waals surface area contributed by atoms with E-state index in [0.29, 0.717) is 16.7 Å². The van der Waals surface area contributed by atoms with Gasteiger partial charge in [0, 0.05) is 25.0 Å². The maximum atomic E-state index is 11.8. The molecule has 1 amide bonds. The Kier molecular flexibility index (Phi) is 3.53. The van der Waals surface area contributed by atoms with Gasteiger partial charge in [-0.3, -0.25) is 9.48 Å². The van der Waals surface area contributed by atoms with Gasteiger partial charge in [-0.15, -0.1) is 0 Å². The maximum absolute atomic E-state index is 11.8. The molecule has 0 atom stereocenters. The minimum Gasteiger partial charge on any atom is -0.346 e. The standard InChI is InChI=1S/C11H11BrN4O/c1-16-5-3-9(15-16)7-14-11(17)8-2-4-13-10(12)6-8/h2-6H,7H2,1H3,(H,14,17). The van der Waals surface area contributed by atoms with Crippen LogP contribution in [0.3, 0.4) is 0 Å². The van der Waals surface area contributed by atoms with Gasteiger partial charge in [0.15, 0.2) is 0 Å². The molecule has 0 aromatic carbocycles. The third-order valence-electron chi connectivity index (χ3n) is 2.19. The molecule has 0 spiro atoms. The Morgan fingerprint density at radius 3 is 3.00 bits per heavy atom. The lowest BCUT2D eigenvalue weighted by atomic mass is 10.2. The summed E-state index contributed by atoms with van der Waals surface area (Å²) in [5.74, 6) is -0.140. The number of amides is 1. The number of hydrogen-bond donors (Lipinski definition) is 1. The van der Waals surface area contributed by atoms with Gasteiger partial charge < -0.3 is 5.32 Å². The number of rotatable bonds is 3. The van der Waals surface area contributed by atoms with E-state index in [0.717, 1.165) is 5.69 Å². The van der Waals surface area contributed by atoms with Crippen molar-refractivity contribution < 1.29 is 4.79 Å². The smallest absolute Gasteiger partial charge is 0.251 e. The minimum absolute atomic E-state index is 0.140.